The molecule has 160 valence electrons. The van der Waals surface area contributed by atoms with E-state index < -0.39 is 0 Å². The molecule has 4 rings (SSSR count). The molecular formula is C24H33N5O. The second-order valence-corrected chi connectivity index (χ2v) is 8.23. The summed E-state index contributed by atoms with van der Waals surface area (Å²) < 4.78 is 5.23. The van der Waals surface area contributed by atoms with Gasteiger partial charge in [-0.1, -0.05) is 36.4 Å². The molecule has 0 saturated carbocycles. The van der Waals surface area contributed by atoms with Crippen LogP contribution in [0.5, 0.6) is 5.88 Å². The van der Waals surface area contributed by atoms with Crippen LogP contribution in [0.2, 0.25) is 0 Å². The number of piperidine rings is 2. The predicted octanol–water partition coefficient (Wildman–Crippen LogP) is 3.15. The van der Waals surface area contributed by atoms with E-state index >= 15 is 0 Å². The Labute approximate surface area is 180 Å². The van der Waals surface area contributed by atoms with Gasteiger partial charge in [0, 0.05) is 38.8 Å². The Bertz CT molecular complexity index is 840. The molecule has 0 bridgehead atoms. The first-order chi connectivity index (χ1) is 14.8. The van der Waals surface area contributed by atoms with Crippen molar-refractivity contribution in [2.45, 2.75) is 38.4 Å². The molecule has 30 heavy (non-hydrogen) atoms. The van der Waals surface area contributed by atoms with E-state index in [-0.39, 0.29) is 0 Å². The highest BCUT2D eigenvalue weighted by Crippen LogP contribution is 2.31. The third-order valence-corrected chi connectivity index (χ3v) is 6.34. The van der Waals surface area contributed by atoms with Crippen molar-refractivity contribution in [1.82, 2.24) is 20.1 Å². The number of nitrogens with zero attached hydrogens (tertiary/aromatic N) is 4. The predicted molar refractivity (Wildman–Crippen MR) is 121 cm³/mol. The number of ether oxygens (including phenoxy) is 1. The summed E-state index contributed by atoms with van der Waals surface area (Å²) in [6, 6.07) is 17.4. The Kier molecular flexibility index (Phi) is 6.84. The van der Waals surface area contributed by atoms with Crippen LogP contribution < -0.4 is 10.1 Å². The monoisotopic (exact) mass is 407 g/mol. The highest BCUT2D eigenvalue weighted by atomic mass is 16.5. The first-order valence-corrected chi connectivity index (χ1v) is 11.0. The molecule has 2 fully saturated rings. The zero-order valence-electron chi connectivity index (χ0n) is 18.1. The fourth-order valence-electron chi connectivity index (χ4n) is 4.88. The molecule has 2 saturated heterocycles. The highest BCUT2D eigenvalue weighted by molar-refractivity contribution is 5.80. The molecule has 2 unspecified atom stereocenters. The van der Waals surface area contributed by atoms with Gasteiger partial charge in [-0.2, -0.15) is 0 Å². The SMILES string of the molecule is CN=C(NCc1cccc(OC)n1)N1CCC2C(CCCN2Cc2ccccc2)C1. The van der Waals surface area contributed by atoms with Crippen LogP contribution in [0.3, 0.4) is 0 Å². The molecule has 1 N–H and O–H groups in total. The minimum absolute atomic E-state index is 0.644. The number of likely N-dealkylation sites (tertiary alicyclic amines) is 2. The Balaban J connectivity index is 1.35. The number of nitrogens with one attached hydrogen (secondary N) is 1. The van der Waals surface area contributed by atoms with E-state index in [4.69, 9.17) is 4.74 Å². The zero-order chi connectivity index (χ0) is 20.8. The third kappa shape index (κ3) is 4.93. The largest absolute Gasteiger partial charge is 0.481 e. The first kappa shape index (κ1) is 20.7. The number of guanidine groups is 1. The summed E-state index contributed by atoms with van der Waals surface area (Å²) >= 11 is 0. The highest BCUT2D eigenvalue weighted by Gasteiger charge is 2.36. The zero-order valence-corrected chi connectivity index (χ0v) is 18.1. The van der Waals surface area contributed by atoms with Crippen LogP contribution in [-0.2, 0) is 13.1 Å². The number of hydrogen-bond acceptors (Lipinski definition) is 4. The van der Waals surface area contributed by atoms with Crippen LogP contribution in [0.25, 0.3) is 0 Å². The number of aromatic nitrogens is 1. The van der Waals surface area contributed by atoms with Crippen LogP contribution in [0.1, 0.15) is 30.5 Å². The summed E-state index contributed by atoms with van der Waals surface area (Å²) in [6.45, 7) is 5.04. The molecule has 2 aromatic rings. The summed E-state index contributed by atoms with van der Waals surface area (Å²) in [4.78, 5) is 14.2. The maximum atomic E-state index is 5.23. The van der Waals surface area contributed by atoms with E-state index in [1.807, 2.05) is 25.2 Å². The van der Waals surface area contributed by atoms with Crippen molar-refractivity contribution in [3.05, 3.63) is 59.8 Å². The smallest absolute Gasteiger partial charge is 0.213 e. The van der Waals surface area contributed by atoms with Crippen molar-refractivity contribution in [3.63, 3.8) is 0 Å². The number of pyridine rings is 1. The molecule has 2 aliphatic rings. The summed E-state index contributed by atoms with van der Waals surface area (Å²) in [7, 11) is 3.52. The van der Waals surface area contributed by atoms with Gasteiger partial charge in [0.25, 0.3) is 0 Å². The van der Waals surface area contributed by atoms with Gasteiger partial charge >= 0.3 is 0 Å². The van der Waals surface area contributed by atoms with Crippen LogP contribution in [0, 0.1) is 5.92 Å². The Morgan fingerprint density at radius 1 is 1.13 bits per heavy atom. The minimum atomic E-state index is 0.644. The fraction of sp³-hybridized carbons (Fsp3) is 0.500. The quantitative estimate of drug-likeness (QED) is 0.610. The molecule has 6 heteroatoms. The van der Waals surface area contributed by atoms with Gasteiger partial charge in [-0.25, -0.2) is 4.98 Å². The third-order valence-electron chi connectivity index (χ3n) is 6.34. The van der Waals surface area contributed by atoms with Gasteiger partial charge in [-0.05, 0) is 43.4 Å². The van der Waals surface area contributed by atoms with E-state index in [1.54, 1.807) is 7.11 Å². The fourth-order valence-corrected chi connectivity index (χ4v) is 4.88. The summed E-state index contributed by atoms with van der Waals surface area (Å²) in [6.07, 6.45) is 3.78. The van der Waals surface area contributed by atoms with E-state index in [9.17, 15) is 0 Å². The van der Waals surface area contributed by atoms with Crippen molar-refractivity contribution in [3.8, 4) is 5.88 Å². The van der Waals surface area contributed by atoms with E-state index in [1.165, 1.54) is 31.4 Å². The van der Waals surface area contributed by atoms with E-state index in [0.717, 1.165) is 31.3 Å². The van der Waals surface area contributed by atoms with E-state index in [0.29, 0.717) is 24.4 Å². The number of methoxy groups -OCH3 is 1. The van der Waals surface area contributed by atoms with Crippen LogP contribution in [0.4, 0.5) is 0 Å². The Morgan fingerprint density at radius 2 is 2.00 bits per heavy atom. The number of hydrogen-bond donors (Lipinski definition) is 1. The molecule has 2 aliphatic heterocycles. The number of benzene rings is 1. The number of aliphatic imine (C=N–C) groups is 1. The van der Waals surface area contributed by atoms with Crippen LogP contribution in [0.15, 0.2) is 53.5 Å². The lowest BCUT2D eigenvalue weighted by Crippen LogP contribution is -2.56. The van der Waals surface area contributed by atoms with Crippen molar-refractivity contribution in [1.29, 1.82) is 0 Å². The standard InChI is InChI=1S/C24H33N5O/c1-25-24(26-16-21-11-6-12-23(27-21)30-2)29-15-13-22-20(18-29)10-7-14-28(22)17-19-8-4-3-5-9-19/h3-6,8-9,11-12,20,22H,7,10,13-18H2,1-2H3,(H,25,26). The summed E-state index contributed by atoms with van der Waals surface area (Å²) in [5, 5.41) is 3.50. The first-order valence-electron chi connectivity index (χ1n) is 11.0. The van der Waals surface area contributed by atoms with Crippen LogP contribution in [-0.4, -0.2) is 60.6 Å². The van der Waals surface area contributed by atoms with Gasteiger partial charge in [0.05, 0.1) is 19.3 Å². The van der Waals surface area contributed by atoms with Gasteiger partial charge in [-0.15, -0.1) is 0 Å². The Morgan fingerprint density at radius 3 is 2.80 bits per heavy atom. The van der Waals surface area contributed by atoms with Crippen molar-refractivity contribution < 1.29 is 4.74 Å². The average Bonchev–Trinajstić information content (AvgIpc) is 2.80. The lowest BCUT2D eigenvalue weighted by molar-refractivity contribution is 0.0372. The van der Waals surface area contributed by atoms with Gasteiger partial charge in [0.15, 0.2) is 5.96 Å². The van der Waals surface area contributed by atoms with Crippen molar-refractivity contribution >= 4 is 5.96 Å². The Hall–Kier alpha value is -2.60. The molecule has 1 aromatic carbocycles. The second kappa shape index (κ2) is 9.94. The average molecular weight is 408 g/mol. The number of fused-ring (bicyclic) bond motifs is 1. The number of rotatable bonds is 5. The molecule has 6 nitrogen and oxygen atoms in total. The van der Waals surface area contributed by atoms with Gasteiger partial charge in [0.2, 0.25) is 5.88 Å². The summed E-state index contributed by atoms with van der Waals surface area (Å²) in [5.41, 5.74) is 2.38. The van der Waals surface area contributed by atoms with Gasteiger partial charge in [0.1, 0.15) is 0 Å². The minimum Gasteiger partial charge on any atom is -0.481 e. The summed E-state index contributed by atoms with van der Waals surface area (Å²) in [5.74, 6) is 2.31. The molecule has 1 aromatic heterocycles. The molecule has 2 atom stereocenters. The van der Waals surface area contributed by atoms with E-state index in [2.05, 4.69) is 55.4 Å². The van der Waals surface area contributed by atoms with Gasteiger partial charge in [-0.3, -0.25) is 9.89 Å². The lowest BCUT2D eigenvalue weighted by atomic mass is 9.83. The van der Waals surface area contributed by atoms with Crippen LogP contribution >= 0.6 is 0 Å². The molecule has 0 aliphatic carbocycles. The molecule has 0 spiro atoms. The van der Waals surface area contributed by atoms with Crippen molar-refractivity contribution in [2.24, 2.45) is 10.9 Å². The second-order valence-electron chi connectivity index (χ2n) is 8.23. The molecule has 0 amide bonds. The molecular weight excluding hydrogens is 374 g/mol. The lowest BCUT2D eigenvalue weighted by Gasteiger charge is -2.48. The topological polar surface area (TPSA) is 53.0 Å². The maximum Gasteiger partial charge on any atom is 0.213 e. The molecule has 3 heterocycles. The van der Waals surface area contributed by atoms with Crippen molar-refractivity contribution in [2.75, 3.05) is 33.8 Å². The molecule has 0 radical (unpaired) electrons. The van der Waals surface area contributed by atoms with Gasteiger partial charge < -0.3 is 15.0 Å². The normalized spacial score (nSPS) is 22.5. The maximum absolute atomic E-state index is 5.23.